The van der Waals surface area contributed by atoms with Gasteiger partial charge in [-0.3, -0.25) is 4.79 Å². The molecule has 1 nitrogen and oxygen atoms in total. The van der Waals surface area contributed by atoms with Crippen LogP contribution in [0.4, 0.5) is 0 Å². The lowest BCUT2D eigenvalue weighted by molar-refractivity contribution is 0.0949. The van der Waals surface area contributed by atoms with Crippen molar-refractivity contribution in [3.8, 4) is 0 Å². The minimum absolute atomic E-state index is 0.0820. The van der Waals surface area contributed by atoms with Gasteiger partial charge in [-0.2, -0.15) is 0 Å². The Morgan fingerprint density at radius 2 is 1.62 bits per heavy atom. The number of carbonyl (C=O) groups is 1. The Morgan fingerprint density at radius 3 is 2.38 bits per heavy atom. The van der Waals surface area contributed by atoms with Crippen molar-refractivity contribution >= 4 is 5.78 Å². The van der Waals surface area contributed by atoms with E-state index < -0.39 is 0 Å². The number of hydrogen-bond acceptors (Lipinski definition) is 1. The van der Waals surface area contributed by atoms with E-state index >= 15 is 0 Å². The first-order chi connectivity index (χ1) is 7.86. The molecule has 0 bridgehead atoms. The zero-order valence-electron chi connectivity index (χ0n) is 8.89. The van der Waals surface area contributed by atoms with Crippen molar-refractivity contribution in [1.29, 1.82) is 0 Å². The van der Waals surface area contributed by atoms with E-state index in [1.54, 1.807) is 0 Å². The van der Waals surface area contributed by atoms with Crippen LogP contribution in [0.1, 0.15) is 27.4 Å². The standard InChI is InChI=1S/C15H12O/c16-15(11-6-2-1-3-7-11)14-10-12-8-4-5-9-13(12)14/h1-9,14H,10H2. The van der Waals surface area contributed by atoms with Gasteiger partial charge in [0, 0.05) is 5.56 Å². The summed E-state index contributed by atoms with van der Waals surface area (Å²) in [4.78, 5) is 12.2. The van der Waals surface area contributed by atoms with E-state index in [0.29, 0.717) is 0 Å². The lowest BCUT2D eigenvalue weighted by Gasteiger charge is -2.28. The van der Waals surface area contributed by atoms with Gasteiger partial charge in [-0.15, -0.1) is 0 Å². The van der Waals surface area contributed by atoms with Crippen LogP contribution in [0.15, 0.2) is 54.6 Å². The van der Waals surface area contributed by atoms with E-state index in [2.05, 4.69) is 12.1 Å². The third kappa shape index (κ3) is 1.36. The van der Waals surface area contributed by atoms with Crippen LogP contribution in [-0.4, -0.2) is 5.78 Å². The number of benzene rings is 2. The first kappa shape index (κ1) is 9.34. The predicted octanol–water partition coefficient (Wildman–Crippen LogP) is 3.21. The summed E-state index contributed by atoms with van der Waals surface area (Å²) in [5.41, 5.74) is 3.34. The Hall–Kier alpha value is -1.89. The van der Waals surface area contributed by atoms with Gasteiger partial charge in [0.2, 0.25) is 0 Å². The van der Waals surface area contributed by atoms with Crippen molar-refractivity contribution in [2.24, 2.45) is 0 Å². The third-order valence-corrected chi connectivity index (χ3v) is 3.23. The van der Waals surface area contributed by atoms with Gasteiger partial charge in [-0.25, -0.2) is 0 Å². The van der Waals surface area contributed by atoms with Crippen LogP contribution in [0.5, 0.6) is 0 Å². The van der Waals surface area contributed by atoms with E-state index in [0.717, 1.165) is 12.0 Å². The number of fused-ring (bicyclic) bond motifs is 1. The maximum absolute atomic E-state index is 12.2. The molecule has 1 atom stereocenters. The molecule has 1 aliphatic carbocycles. The Morgan fingerprint density at radius 1 is 0.938 bits per heavy atom. The second-order valence-corrected chi connectivity index (χ2v) is 4.19. The smallest absolute Gasteiger partial charge is 0.170 e. The maximum Gasteiger partial charge on any atom is 0.170 e. The van der Waals surface area contributed by atoms with Gasteiger partial charge in [-0.1, -0.05) is 54.6 Å². The number of Topliss-reactive ketones (excluding diaryl/α,β-unsaturated/α-hetero) is 1. The average molecular weight is 208 g/mol. The van der Waals surface area contributed by atoms with E-state index in [9.17, 15) is 4.79 Å². The molecule has 2 aromatic rings. The summed E-state index contributed by atoms with van der Waals surface area (Å²) in [7, 11) is 0. The monoisotopic (exact) mass is 208 g/mol. The van der Waals surface area contributed by atoms with Crippen molar-refractivity contribution in [3.05, 3.63) is 71.3 Å². The molecule has 0 radical (unpaired) electrons. The lowest BCUT2D eigenvalue weighted by atomic mass is 9.74. The van der Waals surface area contributed by atoms with Crippen molar-refractivity contribution in [1.82, 2.24) is 0 Å². The average Bonchev–Trinajstić information content (AvgIpc) is 2.32. The van der Waals surface area contributed by atoms with Gasteiger partial charge in [0.1, 0.15) is 0 Å². The highest BCUT2D eigenvalue weighted by atomic mass is 16.1. The molecule has 16 heavy (non-hydrogen) atoms. The second kappa shape index (κ2) is 3.60. The zero-order valence-corrected chi connectivity index (χ0v) is 8.89. The minimum atomic E-state index is 0.0820. The zero-order chi connectivity index (χ0) is 11.0. The molecule has 0 fully saturated rings. The number of hydrogen-bond donors (Lipinski definition) is 0. The molecular weight excluding hydrogens is 196 g/mol. The maximum atomic E-state index is 12.2. The molecule has 0 heterocycles. The van der Waals surface area contributed by atoms with Gasteiger partial charge >= 0.3 is 0 Å². The van der Waals surface area contributed by atoms with Crippen molar-refractivity contribution in [2.45, 2.75) is 12.3 Å². The molecule has 0 saturated heterocycles. The van der Waals surface area contributed by atoms with Crippen molar-refractivity contribution < 1.29 is 4.79 Å². The van der Waals surface area contributed by atoms with Crippen LogP contribution < -0.4 is 0 Å². The predicted molar refractivity (Wildman–Crippen MR) is 63.7 cm³/mol. The minimum Gasteiger partial charge on any atom is -0.293 e. The molecule has 1 aliphatic rings. The first-order valence-electron chi connectivity index (χ1n) is 5.53. The largest absolute Gasteiger partial charge is 0.293 e. The third-order valence-electron chi connectivity index (χ3n) is 3.23. The fourth-order valence-electron chi connectivity index (χ4n) is 2.30. The second-order valence-electron chi connectivity index (χ2n) is 4.19. The highest BCUT2D eigenvalue weighted by Crippen LogP contribution is 2.36. The number of rotatable bonds is 2. The van der Waals surface area contributed by atoms with E-state index in [1.807, 2.05) is 42.5 Å². The van der Waals surface area contributed by atoms with Gasteiger partial charge < -0.3 is 0 Å². The molecule has 3 rings (SSSR count). The Bertz CT molecular complexity index is 528. The summed E-state index contributed by atoms with van der Waals surface area (Å²) in [6.07, 6.45) is 0.893. The van der Waals surface area contributed by atoms with Gasteiger partial charge in [0.15, 0.2) is 5.78 Å². The molecule has 0 aromatic heterocycles. The Labute approximate surface area is 94.7 Å². The molecule has 0 N–H and O–H groups in total. The number of ketones is 1. The van der Waals surface area contributed by atoms with E-state index in [4.69, 9.17) is 0 Å². The van der Waals surface area contributed by atoms with Gasteiger partial charge in [0.05, 0.1) is 5.92 Å². The molecule has 0 aliphatic heterocycles. The summed E-state index contributed by atoms with van der Waals surface area (Å²) in [6.45, 7) is 0. The normalized spacial score (nSPS) is 17.4. The molecule has 78 valence electrons. The van der Waals surface area contributed by atoms with Crippen LogP contribution in [0.2, 0.25) is 0 Å². The molecule has 1 unspecified atom stereocenters. The van der Waals surface area contributed by atoms with Crippen LogP contribution in [0.25, 0.3) is 0 Å². The van der Waals surface area contributed by atoms with Crippen LogP contribution in [0.3, 0.4) is 0 Å². The summed E-state index contributed by atoms with van der Waals surface area (Å²) in [6, 6.07) is 17.7. The topological polar surface area (TPSA) is 17.1 Å². The SMILES string of the molecule is O=C(c1ccccc1)C1Cc2ccccc21. The summed E-state index contributed by atoms with van der Waals surface area (Å²) < 4.78 is 0. The Kier molecular flexibility index (Phi) is 2.10. The molecule has 2 aromatic carbocycles. The summed E-state index contributed by atoms with van der Waals surface area (Å²) >= 11 is 0. The molecule has 0 saturated carbocycles. The molecule has 0 spiro atoms. The van der Waals surface area contributed by atoms with Gasteiger partial charge in [-0.05, 0) is 17.5 Å². The Balaban J connectivity index is 1.91. The highest BCUT2D eigenvalue weighted by molar-refractivity contribution is 6.02. The van der Waals surface area contributed by atoms with E-state index in [1.165, 1.54) is 11.1 Å². The summed E-state index contributed by atoms with van der Waals surface area (Å²) in [5, 5.41) is 0. The molecule has 1 heteroatoms. The summed E-state index contributed by atoms with van der Waals surface area (Å²) in [5.74, 6) is 0.331. The number of carbonyl (C=O) groups excluding carboxylic acids is 1. The van der Waals surface area contributed by atoms with Crippen molar-refractivity contribution in [2.75, 3.05) is 0 Å². The van der Waals surface area contributed by atoms with E-state index in [-0.39, 0.29) is 11.7 Å². The van der Waals surface area contributed by atoms with Crippen LogP contribution >= 0.6 is 0 Å². The quantitative estimate of drug-likeness (QED) is 0.692. The molecule has 0 amide bonds. The van der Waals surface area contributed by atoms with Gasteiger partial charge in [0.25, 0.3) is 0 Å². The highest BCUT2D eigenvalue weighted by Gasteiger charge is 2.31. The fourth-order valence-corrected chi connectivity index (χ4v) is 2.30. The van der Waals surface area contributed by atoms with Crippen LogP contribution in [0, 0.1) is 0 Å². The van der Waals surface area contributed by atoms with Crippen molar-refractivity contribution in [3.63, 3.8) is 0 Å². The fraction of sp³-hybridized carbons (Fsp3) is 0.133. The van der Waals surface area contributed by atoms with Crippen LogP contribution in [-0.2, 0) is 6.42 Å². The lowest BCUT2D eigenvalue weighted by Crippen LogP contribution is -2.25. The molecular formula is C15H12O. The first-order valence-corrected chi connectivity index (χ1v) is 5.53.